The second-order valence-electron chi connectivity index (χ2n) is 4.83. The van der Waals surface area contributed by atoms with Gasteiger partial charge < -0.3 is 9.88 Å². The zero-order valence-corrected chi connectivity index (χ0v) is 11.4. The van der Waals surface area contributed by atoms with E-state index >= 15 is 0 Å². The topological polar surface area (TPSA) is 59.8 Å². The van der Waals surface area contributed by atoms with E-state index in [2.05, 4.69) is 29.1 Å². The number of hydrogen-bond donors (Lipinski definition) is 1. The lowest BCUT2D eigenvalue weighted by Gasteiger charge is -2.22. The molecule has 0 bridgehead atoms. The number of carbonyl (C=O) groups is 1. The van der Waals surface area contributed by atoms with Gasteiger partial charge in [0.25, 0.3) is 5.91 Å². The number of amides is 1. The summed E-state index contributed by atoms with van der Waals surface area (Å²) in [6.45, 7) is 4.12. The smallest absolute Gasteiger partial charge is 0.251 e. The van der Waals surface area contributed by atoms with Gasteiger partial charge in [-0.2, -0.15) is 0 Å². The van der Waals surface area contributed by atoms with Crippen LogP contribution in [0.5, 0.6) is 0 Å². The van der Waals surface area contributed by atoms with Crippen molar-refractivity contribution in [3.05, 3.63) is 48.3 Å². The van der Waals surface area contributed by atoms with Crippen molar-refractivity contribution >= 4 is 5.91 Å². The molecule has 0 saturated carbocycles. The molecule has 2 rings (SSSR count). The van der Waals surface area contributed by atoms with Gasteiger partial charge in [-0.1, -0.05) is 13.8 Å². The third-order valence-corrected chi connectivity index (χ3v) is 3.03. The summed E-state index contributed by atoms with van der Waals surface area (Å²) in [5.41, 5.74) is 0.606. The maximum absolute atomic E-state index is 12.2. The van der Waals surface area contributed by atoms with E-state index in [0.717, 1.165) is 5.82 Å². The summed E-state index contributed by atoms with van der Waals surface area (Å²) in [6, 6.07) is 3.29. The predicted octanol–water partition coefficient (Wildman–Crippen LogP) is 1.94. The molecule has 2 aromatic heterocycles. The maximum atomic E-state index is 12.2. The molecule has 0 radical (unpaired) electrons. The van der Waals surface area contributed by atoms with Crippen molar-refractivity contribution in [3.8, 4) is 0 Å². The zero-order chi connectivity index (χ0) is 13.8. The van der Waals surface area contributed by atoms with Gasteiger partial charge in [0.1, 0.15) is 5.82 Å². The van der Waals surface area contributed by atoms with Crippen molar-refractivity contribution < 1.29 is 4.79 Å². The molecule has 1 N–H and O–H groups in total. The van der Waals surface area contributed by atoms with Crippen LogP contribution in [0.4, 0.5) is 0 Å². The second kappa shape index (κ2) is 5.65. The number of carbonyl (C=O) groups excluding carboxylic acids is 1. The van der Waals surface area contributed by atoms with Crippen molar-refractivity contribution in [3.63, 3.8) is 0 Å². The van der Waals surface area contributed by atoms with Crippen LogP contribution in [0.1, 0.15) is 36.1 Å². The van der Waals surface area contributed by atoms with Crippen LogP contribution in [0, 0.1) is 5.92 Å². The van der Waals surface area contributed by atoms with Gasteiger partial charge in [0.2, 0.25) is 0 Å². The van der Waals surface area contributed by atoms with Crippen LogP contribution >= 0.6 is 0 Å². The van der Waals surface area contributed by atoms with Crippen LogP contribution < -0.4 is 5.32 Å². The number of hydrogen-bond acceptors (Lipinski definition) is 3. The molecule has 2 heterocycles. The lowest BCUT2D eigenvalue weighted by Crippen LogP contribution is -2.33. The molecular formula is C14H18N4O. The van der Waals surface area contributed by atoms with Crippen molar-refractivity contribution in [2.75, 3.05) is 0 Å². The Bertz CT molecular complexity index is 548. The Morgan fingerprint density at radius 2 is 1.95 bits per heavy atom. The fourth-order valence-corrected chi connectivity index (χ4v) is 1.93. The van der Waals surface area contributed by atoms with Gasteiger partial charge >= 0.3 is 0 Å². The summed E-state index contributed by atoms with van der Waals surface area (Å²) >= 11 is 0. The van der Waals surface area contributed by atoms with E-state index in [4.69, 9.17) is 0 Å². The van der Waals surface area contributed by atoms with E-state index in [-0.39, 0.29) is 17.9 Å². The van der Waals surface area contributed by atoms with Crippen LogP contribution in [0.3, 0.4) is 0 Å². The number of rotatable bonds is 4. The first-order chi connectivity index (χ1) is 9.09. The van der Waals surface area contributed by atoms with Crippen molar-refractivity contribution in [1.82, 2.24) is 19.9 Å². The average molecular weight is 258 g/mol. The normalized spacial score (nSPS) is 12.4. The average Bonchev–Trinajstić information content (AvgIpc) is 2.82. The van der Waals surface area contributed by atoms with E-state index in [0.29, 0.717) is 5.56 Å². The molecule has 5 nitrogen and oxygen atoms in total. The highest BCUT2D eigenvalue weighted by Crippen LogP contribution is 2.20. The van der Waals surface area contributed by atoms with Crippen molar-refractivity contribution in [2.45, 2.75) is 19.9 Å². The third kappa shape index (κ3) is 2.99. The zero-order valence-electron chi connectivity index (χ0n) is 11.4. The summed E-state index contributed by atoms with van der Waals surface area (Å²) in [5, 5.41) is 3.03. The number of nitrogens with one attached hydrogen (secondary N) is 1. The molecule has 5 heteroatoms. The molecule has 2 aromatic rings. The number of pyridine rings is 1. The number of aryl methyl sites for hydroxylation is 1. The summed E-state index contributed by atoms with van der Waals surface area (Å²) < 4.78 is 1.93. The standard InChI is InChI=1S/C14H18N4O/c1-10(2)12(13-16-8-9-18(13)3)17-14(19)11-4-6-15-7-5-11/h4-10,12H,1-3H3,(H,17,19). The van der Waals surface area contributed by atoms with Crippen LogP contribution in [0.2, 0.25) is 0 Å². The molecular weight excluding hydrogens is 240 g/mol. The molecule has 1 atom stereocenters. The summed E-state index contributed by atoms with van der Waals surface area (Å²) in [6.07, 6.45) is 6.84. The lowest BCUT2D eigenvalue weighted by molar-refractivity contribution is 0.0922. The predicted molar refractivity (Wildman–Crippen MR) is 72.5 cm³/mol. The van der Waals surface area contributed by atoms with Gasteiger partial charge in [-0.15, -0.1) is 0 Å². The molecule has 1 amide bonds. The van der Waals surface area contributed by atoms with Crippen LogP contribution in [-0.2, 0) is 7.05 Å². The fraction of sp³-hybridized carbons (Fsp3) is 0.357. The Morgan fingerprint density at radius 3 is 2.47 bits per heavy atom. The third-order valence-electron chi connectivity index (χ3n) is 3.03. The van der Waals surface area contributed by atoms with Crippen molar-refractivity contribution in [1.29, 1.82) is 0 Å². The van der Waals surface area contributed by atoms with E-state index < -0.39 is 0 Å². The van der Waals surface area contributed by atoms with E-state index in [1.165, 1.54) is 0 Å². The van der Waals surface area contributed by atoms with Gasteiger partial charge in [-0.3, -0.25) is 9.78 Å². The van der Waals surface area contributed by atoms with E-state index in [1.54, 1.807) is 30.7 Å². The molecule has 0 aliphatic heterocycles. The van der Waals surface area contributed by atoms with Gasteiger partial charge in [0.05, 0.1) is 6.04 Å². The number of imidazole rings is 1. The second-order valence-corrected chi connectivity index (χ2v) is 4.83. The van der Waals surface area contributed by atoms with E-state index in [9.17, 15) is 4.79 Å². The number of aromatic nitrogens is 3. The lowest BCUT2D eigenvalue weighted by atomic mass is 10.0. The quantitative estimate of drug-likeness (QED) is 0.911. The Kier molecular flexibility index (Phi) is 3.94. The summed E-state index contributed by atoms with van der Waals surface area (Å²) in [5.74, 6) is 1.01. The number of nitrogens with zero attached hydrogens (tertiary/aromatic N) is 3. The molecule has 100 valence electrons. The minimum Gasteiger partial charge on any atom is -0.342 e. The Labute approximate surface area is 112 Å². The van der Waals surface area contributed by atoms with Crippen LogP contribution in [-0.4, -0.2) is 20.4 Å². The maximum Gasteiger partial charge on any atom is 0.251 e. The summed E-state index contributed by atoms with van der Waals surface area (Å²) in [4.78, 5) is 20.4. The molecule has 19 heavy (non-hydrogen) atoms. The first kappa shape index (κ1) is 13.3. The molecule has 0 aliphatic rings. The Morgan fingerprint density at radius 1 is 1.26 bits per heavy atom. The fourth-order valence-electron chi connectivity index (χ4n) is 1.93. The van der Waals surface area contributed by atoms with Gasteiger partial charge in [-0.05, 0) is 18.1 Å². The monoisotopic (exact) mass is 258 g/mol. The molecule has 0 aromatic carbocycles. The highest BCUT2D eigenvalue weighted by Gasteiger charge is 2.22. The minimum atomic E-state index is -0.110. The molecule has 0 aliphatic carbocycles. The van der Waals surface area contributed by atoms with Crippen LogP contribution in [0.25, 0.3) is 0 Å². The highest BCUT2D eigenvalue weighted by molar-refractivity contribution is 5.94. The first-order valence-electron chi connectivity index (χ1n) is 6.27. The Balaban J connectivity index is 2.19. The summed E-state index contributed by atoms with van der Waals surface area (Å²) in [7, 11) is 1.93. The molecule has 1 unspecified atom stereocenters. The van der Waals surface area contributed by atoms with E-state index in [1.807, 2.05) is 17.8 Å². The highest BCUT2D eigenvalue weighted by atomic mass is 16.1. The van der Waals surface area contributed by atoms with Crippen LogP contribution in [0.15, 0.2) is 36.9 Å². The van der Waals surface area contributed by atoms with Gasteiger partial charge in [0, 0.05) is 37.4 Å². The molecule has 0 fully saturated rings. The molecule has 0 spiro atoms. The minimum absolute atomic E-state index is 0.107. The van der Waals surface area contributed by atoms with Crippen molar-refractivity contribution in [2.24, 2.45) is 13.0 Å². The first-order valence-corrected chi connectivity index (χ1v) is 6.27. The van der Waals surface area contributed by atoms with Gasteiger partial charge in [-0.25, -0.2) is 4.98 Å². The van der Waals surface area contributed by atoms with Gasteiger partial charge in [0.15, 0.2) is 0 Å². The SMILES string of the molecule is CC(C)C(NC(=O)c1ccncc1)c1nccn1C. The Hall–Kier alpha value is -2.17. The largest absolute Gasteiger partial charge is 0.342 e. The molecule has 0 saturated heterocycles.